The first kappa shape index (κ1) is 24.6. The van der Waals surface area contributed by atoms with Crippen molar-refractivity contribution in [3.63, 3.8) is 0 Å². The first-order valence-electron chi connectivity index (χ1n) is 11.9. The fourth-order valence-corrected chi connectivity index (χ4v) is 4.77. The monoisotopic (exact) mass is 462 g/mol. The number of hydrogen-bond donors (Lipinski definition) is 0. The zero-order valence-electron chi connectivity index (χ0n) is 21.2. The van der Waals surface area contributed by atoms with Gasteiger partial charge < -0.3 is 18.9 Å². The minimum atomic E-state index is -0.270. The first-order valence-corrected chi connectivity index (χ1v) is 11.9. The second-order valence-electron chi connectivity index (χ2n) is 8.73. The third kappa shape index (κ3) is 5.29. The van der Waals surface area contributed by atoms with Crippen LogP contribution in [0.25, 0.3) is 0 Å². The number of anilines is 3. The molecule has 0 fully saturated rings. The van der Waals surface area contributed by atoms with E-state index in [1.165, 1.54) is 16.6 Å². The summed E-state index contributed by atoms with van der Waals surface area (Å²) < 4.78 is 12.1. The Morgan fingerprint density at radius 2 is 1.03 bits per heavy atom. The standard InChI is InChI=1S/C29H32B2N2O2/c1-23-21-28(22-24(2)29(23)31(35-5)32(3)26-17-11-7-12-18-26)33(27-19-13-8-14-20-27)30(34-4)25-15-9-6-10-16-25/h6-22H,1-5H3. The number of nitrogens with zero attached hydrogens (tertiary/aromatic N) is 2. The highest BCUT2D eigenvalue weighted by molar-refractivity contribution is 6.73. The third-order valence-corrected chi connectivity index (χ3v) is 6.42. The topological polar surface area (TPSA) is 24.9 Å². The van der Waals surface area contributed by atoms with Crippen molar-refractivity contribution in [3.8, 4) is 0 Å². The Morgan fingerprint density at radius 3 is 1.51 bits per heavy atom. The van der Waals surface area contributed by atoms with Gasteiger partial charge in [-0.1, -0.05) is 66.7 Å². The smallest absolute Gasteiger partial charge is 0.415 e. The van der Waals surface area contributed by atoms with Gasteiger partial charge in [0.25, 0.3) is 0 Å². The number of benzene rings is 4. The Bertz CT molecular complexity index is 1200. The van der Waals surface area contributed by atoms with Gasteiger partial charge in [0.15, 0.2) is 0 Å². The average molecular weight is 462 g/mol. The molecule has 4 rings (SSSR count). The number of rotatable bonds is 9. The first-order chi connectivity index (χ1) is 17.0. The largest absolute Gasteiger partial charge is 0.456 e. The molecule has 0 aliphatic carbocycles. The summed E-state index contributed by atoms with van der Waals surface area (Å²) in [5, 5.41) is 0. The number of para-hydroxylation sites is 2. The fraction of sp³-hybridized carbons (Fsp3) is 0.172. The maximum Gasteiger partial charge on any atom is 0.456 e. The second-order valence-corrected chi connectivity index (χ2v) is 8.73. The van der Waals surface area contributed by atoms with Gasteiger partial charge in [0.05, 0.1) is 0 Å². The van der Waals surface area contributed by atoms with Gasteiger partial charge >= 0.3 is 14.1 Å². The molecule has 4 nitrogen and oxygen atoms in total. The lowest BCUT2D eigenvalue weighted by atomic mass is 9.66. The summed E-state index contributed by atoms with van der Waals surface area (Å²) in [5.41, 5.74) is 7.84. The third-order valence-electron chi connectivity index (χ3n) is 6.42. The minimum Gasteiger partial charge on any atom is -0.415 e. The minimum absolute atomic E-state index is 0.205. The van der Waals surface area contributed by atoms with Crippen LogP contribution >= 0.6 is 0 Å². The van der Waals surface area contributed by atoms with Gasteiger partial charge in [-0.05, 0) is 79.3 Å². The summed E-state index contributed by atoms with van der Waals surface area (Å²) in [5.74, 6) is 0. The van der Waals surface area contributed by atoms with Gasteiger partial charge in [-0.3, -0.25) is 0 Å². The van der Waals surface area contributed by atoms with E-state index >= 15 is 0 Å². The van der Waals surface area contributed by atoms with Crippen LogP contribution in [0.1, 0.15) is 11.1 Å². The molecule has 0 saturated carbocycles. The molecule has 0 amide bonds. The normalized spacial score (nSPS) is 10.7. The maximum atomic E-state index is 6.08. The molecule has 0 saturated heterocycles. The van der Waals surface area contributed by atoms with Crippen LogP contribution in [0.2, 0.25) is 0 Å². The van der Waals surface area contributed by atoms with E-state index in [2.05, 4.69) is 91.2 Å². The van der Waals surface area contributed by atoms with Gasteiger partial charge in [-0.2, -0.15) is 0 Å². The van der Waals surface area contributed by atoms with Crippen molar-refractivity contribution in [2.45, 2.75) is 13.8 Å². The SMILES string of the molecule is COB(c1c(C)cc(N(B(OC)c2ccccc2)c2ccccc2)cc1C)N(C)c1ccccc1. The molecule has 0 aromatic heterocycles. The van der Waals surface area contributed by atoms with Crippen LogP contribution < -0.4 is 20.5 Å². The lowest BCUT2D eigenvalue weighted by Gasteiger charge is -2.33. The number of hydrogen-bond acceptors (Lipinski definition) is 4. The molecule has 0 radical (unpaired) electrons. The molecule has 35 heavy (non-hydrogen) atoms. The molecule has 0 aliphatic rings. The van der Waals surface area contributed by atoms with Crippen molar-refractivity contribution in [3.05, 3.63) is 114 Å². The van der Waals surface area contributed by atoms with Crippen molar-refractivity contribution < 1.29 is 9.31 Å². The molecule has 0 heterocycles. The average Bonchev–Trinajstić information content (AvgIpc) is 2.90. The highest BCUT2D eigenvalue weighted by Crippen LogP contribution is 2.29. The van der Waals surface area contributed by atoms with Crippen LogP contribution in [0.5, 0.6) is 0 Å². The Balaban J connectivity index is 1.80. The van der Waals surface area contributed by atoms with Gasteiger partial charge in [-0.15, -0.1) is 0 Å². The van der Waals surface area contributed by atoms with Gasteiger partial charge in [0.1, 0.15) is 0 Å². The van der Waals surface area contributed by atoms with Gasteiger partial charge in [-0.25, -0.2) is 0 Å². The molecule has 4 aromatic carbocycles. The zero-order chi connectivity index (χ0) is 24.8. The molecular formula is C29H32B2N2O2. The predicted octanol–water partition coefficient (Wildman–Crippen LogP) is 4.96. The molecule has 4 aromatic rings. The van der Waals surface area contributed by atoms with E-state index in [9.17, 15) is 0 Å². The van der Waals surface area contributed by atoms with Crippen LogP contribution in [0, 0.1) is 13.8 Å². The Labute approximate surface area is 210 Å². The lowest BCUT2D eigenvalue weighted by Crippen LogP contribution is -2.51. The lowest BCUT2D eigenvalue weighted by molar-refractivity contribution is 0.427. The van der Waals surface area contributed by atoms with E-state index < -0.39 is 0 Å². The Morgan fingerprint density at radius 1 is 0.571 bits per heavy atom. The summed E-state index contributed by atoms with van der Waals surface area (Å²) in [4.78, 5) is 4.42. The predicted molar refractivity (Wildman–Crippen MR) is 151 cm³/mol. The second kappa shape index (κ2) is 11.3. The Hall–Kier alpha value is -3.47. The molecule has 0 aliphatic heterocycles. The van der Waals surface area contributed by atoms with Crippen molar-refractivity contribution in [2.24, 2.45) is 0 Å². The summed E-state index contributed by atoms with van der Waals surface area (Å²) in [6, 6.07) is 35.5. The molecule has 0 atom stereocenters. The Kier molecular flexibility index (Phi) is 7.96. The zero-order valence-corrected chi connectivity index (χ0v) is 21.2. The fourth-order valence-electron chi connectivity index (χ4n) is 4.77. The molecule has 0 N–H and O–H groups in total. The van der Waals surface area contributed by atoms with E-state index in [1.54, 1.807) is 14.2 Å². The van der Waals surface area contributed by atoms with Crippen LogP contribution in [-0.2, 0) is 9.31 Å². The van der Waals surface area contributed by atoms with Crippen LogP contribution in [-0.4, -0.2) is 35.4 Å². The molecule has 0 unspecified atom stereocenters. The van der Waals surface area contributed by atoms with E-state index in [4.69, 9.17) is 9.31 Å². The van der Waals surface area contributed by atoms with Crippen LogP contribution in [0.4, 0.5) is 17.1 Å². The van der Waals surface area contributed by atoms with E-state index in [-0.39, 0.29) is 14.1 Å². The van der Waals surface area contributed by atoms with Crippen molar-refractivity contribution >= 4 is 42.1 Å². The molecule has 6 heteroatoms. The van der Waals surface area contributed by atoms with Crippen molar-refractivity contribution in [2.75, 3.05) is 30.9 Å². The van der Waals surface area contributed by atoms with Crippen LogP contribution in [0.3, 0.4) is 0 Å². The quantitative estimate of drug-likeness (QED) is 0.329. The maximum absolute atomic E-state index is 6.08. The highest BCUT2D eigenvalue weighted by atomic mass is 16.4. The summed E-state index contributed by atoms with van der Waals surface area (Å²) >= 11 is 0. The van der Waals surface area contributed by atoms with Crippen molar-refractivity contribution in [1.82, 2.24) is 0 Å². The highest BCUT2D eigenvalue weighted by Gasteiger charge is 2.32. The van der Waals surface area contributed by atoms with E-state index in [1.807, 2.05) is 42.5 Å². The number of aryl methyl sites for hydroxylation is 2. The van der Waals surface area contributed by atoms with E-state index in [0.717, 1.165) is 22.5 Å². The van der Waals surface area contributed by atoms with Gasteiger partial charge in [0, 0.05) is 31.3 Å². The summed E-state index contributed by atoms with van der Waals surface area (Å²) in [6.07, 6.45) is 0. The summed E-state index contributed by atoms with van der Waals surface area (Å²) in [7, 11) is 5.13. The molecule has 0 spiro atoms. The van der Waals surface area contributed by atoms with Crippen LogP contribution in [0.15, 0.2) is 103 Å². The summed E-state index contributed by atoms with van der Waals surface area (Å²) in [6.45, 7) is 4.31. The molecule has 176 valence electrons. The van der Waals surface area contributed by atoms with Crippen molar-refractivity contribution in [1.29, 1.82) is 0 Å². The molecular weight excluding hydrogens is 430 g/mol. The van der Waals surface area contributed by atoms with E-state index in [0.29, 0.717) is 0 Å². The molecule has 0 bridgehead atoms. The van der Waals surface area contributed by atoms with Gasteiger partial charge in [0.2, 0.25) is 0 Å².